The first-order chi connectivity index (χ1) is 9.97. The van der Waals surface area contributed by atoms with E-state index in [4.69, 9.17) is 5.73 Å². The van der Waals surface area contributed by atoms with Gasteiger partial charge in [0.05, 0.1) is 17.7 Å². The van der Waals surface area contributed by atoms with Gasteiger partial charge in [0.1, 0.15) is 5.82 Å². The highest BCUT2D eigenvalue weighted by Gasteiger charge is 2.35. The fourth-order valence-corrected chi connectivity index (χ4v) is 2.46. The summed E-state index contributed by atoms with van der Waals surface area (Å²) < 4.78 is 13.1. The van der Waals surface area contributed by atoms with Crippen molar-refractivity contribution in [3.63, 3.8) is 0 Å². The van der Waals surface area contributed by atoms with Gasteiger partial charge in [0.25, 0.3) is 11.8 Å². The third kappa shape index (κ3) is 2.16. The molecule has 4 nitrogen and oxygen atoms in total. The number of hydrogen-bond donors (Lipinski definition) is 1. The van der Waals surface area contributed by atoms with Crippen LogP contribution in [0.25, 0.3) is 0 Å². The molecule has 0 spiro atoms. The van der Waals surface area contributed by atoms with Crippen LogP contribution in [0.2, 0.25) is 0 Å². The predicted octanol–water partition coefficient (Wildman–Crippen LogP) is 2.51. The molecule has 0 atom stereocenters. The minimum Gasteiger partial charge on any atom is -0.399 e. The van der Waals surface area contributed by atoms with E-state index in [0.717, 1.165) is 10.5 Å². The molecule has 0 unspecified atom stereocenters. The van der Waals surface area contributed by atoms with E-state index in [1.807, 2.05) is 0 Å². The Morgan fingerprint density at radius 2 is 1.76 bits per heavy atom. The Labute approximate surface area is 121 Å². The zero-order chi connectivity index (χ0) is 15.1. The molecule has 0 saturated carbocycles. The van der Waals surface area contributed by atoms with Gasteiger partial charge in [-0.15, -0.1) is 0 Å². The van der Waals surface area contributed by atoms with Crippen molar-refractivity contribution in [1.82, 2.24) is 4.90 Å². The molecule has 1 heterocycles. The molecule has 2 aromatic carbocycles. The van der Waals surface area contributed by atoms with Crippen LogP contribution in [0, 0.1) is 12.7 Å². The lowest BCUT2D eigenvalue weighted by atomic mass is 10.1. The number of anilines is 1. The van der Waals surface area contributed by atoms with E-state index in [1.165, 1.54) is 18.2 Å². The fraction of sp³-hybridized carbons (Fsp3) is 0.125. The third-order valence-electron chi connectivity index (χ3n) is 3.63. The van der Waals surface area contributed by atoms with Crippen LogP contribution in [0.1, 0.15) is 31.8 Å². The molecule has 1 aliphatic heterocycles. The van der Waals surface area contributed by atoms with Crippen molar-refractivity contribution in [2.24, 2.45) is 0 Å². The molecule has 2 aromatic rings. The number of benzene rings is 2. The molecule has 2 amide bonds. The van der Waals surface area contributed by atoms with Crippen molar-refractivity contribution < 1.29 is 14.0 Å². The molecule has 0 bridgehead atoms. The monoisotopic (exact) mass is 284 g/mol. The second kappa shape index (κ2) is 4.70. The maximum atomic E-state index is 13.1. The lowest BCUT2D eigenvalue weighted by Crippen LogP contribution is -2.29. The smallest absolute Gasteiger partial charge is 0.261 e. The van der Waals surface area contributed by atoms with Crippen LogP contribution < -0.4 is 5.73 Å². The first-order valence-electron chi connectivity index (χ1n) is 6.48. The van der Waals surface area contributed by atoms with Crippen LogP contribution in [0.15, 0.2) is 36.4 Å². The quantitative estimate of drug-likeness (QED) is 0.680. The number of rotatable bonds is 2. The van der Waals surface area contributed by atoms with Gasteiger partial charge in [0, 0.05) is 5.69 Å². The van der Waals surface area contributed by atoms with Crippen molar-refractivity contribution in [3.05, 3.63) is 64.5 Å². The lowest BCUT2D eigenvalue weighted by molar-refractivity contribution is 0.0642. The van der Waals surface area contributed by atoms with Crippen LogP contribution in [-0.4, -0.2) is 16.7 Å². The topological polar surface area (TPSA) is 63.4 Å². The van der Waals surface area contributed by atoms with Crippen LogP contribution >= 0.6 is 0 Å². The molecule has 0 radical (unpaired) electrons. The Morgan fingerprint density at radius 3 is 2.48 bits per heavy atom. The van der Waals surface area contributed by atoms with Gasteiger partial charge in [-0.3, -0.25) is 14.5 Å². The van der Waals surface area contributed by atoms with E-state index in [2.05, 4.69) is 0 Å². The molecular weight excluding hydrogens is 271 g/mol. The van der Waals surface area contributed by atoms with Gasteiger partial charge < -0.3 is 5.73 Å². The minimum atomic E-state index is -0.369. The summed E-state index contributed by atoms with van der Waals surface area (Å²) in [6.45, 7) is 1.87. The molecule has 0 saturated heterocycles. The second-order valence-corrected chi connectivity index (χ2v) is 5.07. The number of nitrogens with zero attached hydrogens (tertiary/aromatic N) is 1. The van der Waals surface area contributed by atoms with Crippen molar-refractivity contribution in [2.75, 3.05) is 5.73 Å². The Morgan fingerprint density at radius 1 is 1.05 bits per heavy atom. The summed E-state index contributed by atoms with van der Waals surface area (Å²) >= 11 is 0. The average molecular weight is 284 g/mol. The zero-order valence-electron chi connectivity index (χ0n) is 11.4. The van der Waals surface area contributed by atoms with Gasteiger partial charge in [0.15, 0.2) is 0 Å². The Balaban J connectivity index is 1.95. The first-order valence-corrected chi connectivity index (χ1v) is 6.48. The van der Waals surface area contributed by atoms with E-state index in [-0.39, 0.29) is 24.2 Å². The standard InChI is InChI=1S/C16H13FN2O2/c1-9-6-11(17)3-2-10(9)8-19-15(20)13-5-4-12(18)7-14(13)16(19)21/h2-7H,8,18H2,1H3. The predicted molar refractivity (Wildman–Crippen MR) is 76.2 cm³/mol. The maximum Gasteiger partial charge on any atom is 0.261 e. The summed E-state index contributed by atoms with van der Waals surface area (Å²) in [5.41, 5.74) is 8.20. The van der Waals surface area contributed by atoms with E-state index in [9.17, 15) is 14.0 Å². The first kappa shape index (κ1) is 13.3. The van der Waals surface area contributed by atoms with Crippen molar-refractivity contribution in [1.29, 1.82) is 0 Å². The molecule has 3 rings (SSSR count). The number of hydrogen-bond acceptors (Lipinski definition) is 3. The number of aryl methyl sites for hydroxylation is 1. The normalized spacial score (nSPS) is 13.7. The van der Waals surface area contributed by atoms with Crippen molar-refractivity contribution >= 4 is 17.5 Å². The number of carbonyl (C=O) groups excluding carboxylic acids is 2. The minimum absolute atomic E-state index is 0.123. The highest BCUT2D eigenvalue weighted by Crippen LogP contribution is 2.27. The summed E-state index contributed by atoms with van der Waals surface area (Å²) in [4.78, 5) is 25.8. The molecule has 0 aromatic heterocycles. The fourth-order valence-electron chi connectivity index (χ4n) is 2.46. The highest BCUT2D eigenvalue weighted by atomic mass is 19.1. The SMILES string of the molecule is Cc1cc(F)ccc1CN1C(=O)c2ccc(N)cc2C1=O. The summed E-state index contributed by atoms with van der Waals surface area (Å²) in [5, 5.41) is 0. The number of amides is 2. The molecule has 2 N–H and O–H groups in total. The van der Waals surface area contributed by atoms with Gasteiger partial charge in [-0.05, 0) is 48.4 Å². The molecule has 5 heteroatoms. The van der Waals surface area contributed by atoms with Crippen molar-refractivity contribution in [2.45, 2.75) is 13.5 Å². The molecule has 1 aliphatic rings. The van der Waals surface area contributed by atoms with E-state index >= 15 is 0 Å². The zero-order valence-corrected chi connectivity index (χ0v) is 11.4. The number of carbonyl (C=O) groups is 2. The number of halogens is 1. The Kier molecular flexibility index (Phi) is 2.97. The van der Waals surface area contributed by atoms with Gasteiger partial charge in [-0.1, -0.05) is 6.07 Å². The van der Waals surface area contributed by atoms with Crippen molar-refractivity contribution in [3.8, 4) is 0 Å². The maximum absolute atomic E-state index is 13.1. The summed E-state index contributed by atoms with van der Waals surface area (Å²) in [7, 11) is 0. The van der Waals surface area contributed by atoms with E-state index in [1.54, 1.807) is 25.1 Å². The lowest BCUT2D eigenvalue weighted by Gasteiger charge is -2.15. The number of fused-ring (bicyclic) bond motifs is 1. The Hall–Kier alpha value is -2.69. The number of nitrogens with two attached hydrogens (primary N) is 1. The van der Waals surface area contributed by atoms with E-state index < -0.39 is 0 Å². The average Bonchev–Trinajstić information content (AvgIpc) is 2.66. The Bertz CT molecular complexity index is 771. The molecular formula is C16H13FN2O2. The summed E-state index contributed by atoms with van der Waals surface area (Å²) in [6, 6.07) is 8.94. The van der Waals surface area contributed by atoms with Gasteiger partial charge in [-0.25, -0.2) is 4.39 Å². The summed E-state index contributed by atoms with van der Waals surface area (Å²) in [6.07, 6.45) is 0. The number of imide groups is 1. The summed E-state index contributed by atoms with van der Waals surface area (Å²) in [5.74, 6) is -1.06. The van der Waals surface area contributed by atoms with E-state index in [0.29, 0.717) is 22.4 Å². The van der Waals surface area contributed by atoms with Crippen LogP contribution in [0.5, 0.6) is 0 Å². The molecule has 0 aliphatic carbocycles. The van der Waals surface area contributed by atoms with Gasteiger partial charge in [0.2, 0.25) is 0 Å². The van der Waals surface area contributed by atoms with Gasteiger partial charge >= 0.3 is 0 Å². The second-order valence-electron chi connectivity index (χ2n) is 5.07. The van der Waals surface area contributed by atoms with Crippen LogP contribution in [0.4, 0.5) is 10.1 Å². The van der Waals surface area contributed by atoms with Crippen LogP contribution in [0.3, 0.4) is 0 Å². The molecule has 21 heavy (non-hydrogen) atoms. The largest absolute Gasteiger partial charge is 0.399 e. The number of nitrogen functional groups attached to an aromatic ring is 1. The van der Waals surface area contributed by atoms with Crippen LogP contribution in [-0.2, 0) is 6.54 Å². The van der Waals surface area contributed by atoms with Gasteiger partial charge in [-0.2, -0.15) is 0 Å². The molecule has 0 fully saturated rings. The molecule has 106 valence electrons. The highest BCUT2D eigenvalue weighted by molar-refractivity contribution is 6.21. The third-order valence-corrected chi connectivity index (χ3v) is 3.63.